The van der Waals surface area contributed by atoms with Crippen LogP contribution in [-0.2, 0) is 28.2 Å². The molecule has 2 aliphatic carbocycles. The van der Waals surface area contributed by atoms with E-state index in [9.17, 15) is 8.42 Å². The molecule has 2 aliphatic heterocycles. The highest BCUT2D eigenvalue weighted by atomic mass is 35.5. The number of hydrogen-bond donors (Lipinski definition) is 0. The predicted molar refractivity (Wildman–Crippen MR) is 141 cm³/mol. The van der Waals surface area contributed by atoms with Gasteiger partial charge in [-0.1, -0.05) is 18.2 Å². The molecule has 216 valence electrons. The lowest BCUT2D eigenvalue weighted by atomic mass is 9.74. The first kappa shape index (κ1) is 27.9. The van der Waals surface area contributed by atoms with Gasteiger partial charge in [-0.3, -0.25) is 4.90 Å². The van der Waals surface area contributed by atoms with Gasteiger partial charge in [0.2, 0.25) is 15.7 Å². The Balaban J connectivity index is 1.39. The molecular weight excluding hydrogens is 575 g/mol. The molecule has 4 aliphatic rings. The van der Waals surface area contributed by atoms with Gasteiger partial charge in [0, 0.05) is 60.4 Å². The molecule has 1 saturated carbocycles. The lowest BCUT2D eigenvalue weighted by Crippen LogP contribution is -2.72. The van der Waals surface area contributed by atoms with Gasteiger partial charge in [0.15, 0.2) is 0 Å². The Kier molecular flexibility index (Phi) is 6.04. The quantitative estimate of drug-likeness (QED) is 0.284. The fourth-order valence-corrected chi connectivity index (χ4v) is 8.02. The fourth-order valence-electron chi connectivity index (χ4n) is 6.64. The summed E-state index contributed by atoms with van der Waals surface area (Å²) in [5, 5.41) is -0.471. The number of methoxy groups -OCH3 is 1. The van der Waals surface area contributed by atoms with Crippen LogP contribution in [0.4, 0.5) is 22.0 Å². The number of benzene rings is 2. The zero-order chi connectivity index (χ0) is 29.2. The largest absolute Gasteiger partial charge is 0.496 e. The number of rotatable bonds is 7. The van der Waals surface area contributed by atoms with Crippen LogP contribution in [0.25, 0.3) is 11.1 Å². The number of halogens is 6. The van der Waals surface area contributed by atoms with E-state index in [0.717, 1.165) is 32.4 Å². The van der Waals surface area contributed by atoms with Crippen molar-refractivity contribution in [2.45, 2.75) is 43.8 Å². The molecule has 2 bridgehead atoms. The van der Waals surface area contributed by atoms with Crippen molar-refractivity contribution in [3.05, 3.63) is 63.2 Å². The number of likely N-dealkylation sites (tertiary alicyclic amines) is 1. The van der Waals surface area contributed by atoms with Gasteiger partial charge in [0.05, 0.1) is 29.5 Å². The Bertz CT molecular complexity index is 1580. The second-order valence-corrected chi connectivity index (χ2v) is 14.1. The molecule has 0 amide bonds. The molecule has 2 heterocycles. The second kappa shape index (κ2) is 8.65. The molecule has 5 nitrogen and oxygen atoms in total. The van der Waals surface area contributed by atoms with E-state index >= 15 is 22.0 Å². The predicted octanol–water partition coefficient (Wildman–Crippen LogP) is 6.09. The minimum Gasteiger partial charge on any atom is -0.496 e. The summed E-state index contributed by atoms with van der Waals surface area (Å²) in [6.45, 7) is 6.54. The van der Waals surface area contributed by atoms with Crippen molar-refractivity contribution in [1.82, 2.24) is 9.21 Å². The molecule has 12 heteroatoms. The van der Waals surface area contributed by atoms with Gasteiger partial charge in [-0.2, -0.15) is 8.78 Å². The molecule has 0 radical (unpaired) electrons. The van der Waals surface area contributed by atoms with Crippen molar-refractivity contribution < 1.29 is 35.1 Å². The van der Waals surface area contributed by atoms with Crippen molar-refractivity contribution in [3.63, 3.8) is 0 Å². The van der Waals surface area contributed by atoms with Crippen LogP contribution in [0.2, 0.25) is 5.02 Å². The first-order valence-corrected chi connectivity index (χ1v) is 15.1. The monoisotopic (exact) mass is 602 g/mol. The van der Waals surface area contributed by atoms with Crippen LogP contribution in [0.15, 0.2) is 24.3 Å². The van der Waals surface area contributed by atoms with Gasteiger partial charge in [-0.05, 0) is 43.4 Å². The van der Waals surface area contributed by atoms with Crippen LogP contribution in [0.5, 0.6) is 5.75 Å². The number of alkyl halides is 3. The Morgan fingerprint density at radius 3 is 2.30 bits per heavy atom. The molecular formula is C28H28ClF5N2O3S. The van der Waals surface area contributed by atoms with E-state index in [1.54, 1.807) is 0 Å². The third-order valence-electron chi connectivity index (χ3n) is 8.71. The fraction of sp³-hybridized carbons (Fsp3) is 0.500. The van der Waals surface area contributed by atoms with E-state index in [1.165, 1.54) is 4.31 Å². The number of sulfonamides is 1. The Morgan fingerprint density at radius 1 is 1.15 bits per heavy atom. The first-order valence-electron chi connectivity index (χ1n) is 12.9. The van der Waals surface area contributed by atoms with E-state index in [4.69, 9.17) is 16.3 Å². The van der Waals surface area contributed by atoms with Crippen molar-refractivity contribution >= 4 is 21.6 Å². The molecule has 0 N–H and O–H groups in total. The smallest absolute Gasteiger partial charge is 0.318 e. The maximum Gasteiger partial charge on any atom is 0.318 e. The molecule has 1 atom stereocenters. The SMILES string of the molecule is C=C(C)C1(F)c2c(Cl)c(-c3c(F)cc(CN4CC5(C4)CN(S(C)(=O)=O)C5)c(F)c3C3CC3)cc(c2OC)C1(F)F. The third kappa shape index (κ3) is 3.73. The highest BCUT2D eigenvalue weighted by Crippen LogP contribution is 2.66. The van der Waals surface area contributed by atoms with E-state index in [-0.39, 0.29) is 40.1 Å². The molecule has 2 saturated heterocycles. The standard InChI is InChI=1S/C28H28ClF5N2O3S/c1-14(2)27(32)22-23(29)17(8-18(25(22)39-3)28(27,33)34)21-19(30)7-16(24(31)20(21)15-5-6-15)9-35-10-26(11-35)12-36(13-26)40(4,37)38/h7-8,15H,1,5-6,9-13H2,2-4H3. The van der Waals surface area contributed by atoms with Crippen LogP contribution >= 0.6 is 11.6 Å². The van der Waals surface area contributed by atoms with Crippen molar-refractivity contribution in [3.8, 4) is 16.9 Å². The molecule has 40 heavy (non-hydrogen) atoms. The van der Waals surface area contributed by atoms with Gasteiger partial charge in [-0.15, -0.1) is 0 Å². The Morgan fingerprint density at radius 2 is 1.77 bits per heavy atom. The summed E-state index contributed by atoms with van der Waals surface area (Å²) < 4.78 is 109. The minimum absolute atomic E-state index is 0.0473. The Hall–Kier alpha value is -2.21. The van der Waals surface area contributed by atoms with E-state index in [1.807, 2.05) is 4.90 Å². The summed E-state index contributed by atoms with van der Waals surface area (Å²) in [6.07, 6.45) is 2.33. The molecule has 6 rings (SSSR count). The van der Waals surface area contributed by atoms with Crippen LogP contribution in [0.1, 0.15) is 47.9 Å². The minimum atomic E-state index is -4.09. The van der Waals surface area contributed by atoms with Crippen molar-refractivity contribution in [2.75, 3.05) is 39.5 Å². The van der Waals surface area contributed by atoms with E-state index < -0.39 is 60.7 Å². The normalized spacial score (nSPS) is 25.1. The van der Waals surface area contributed by atoms with Crippen LogP contribution in [0.3, 0.4) is 0 Å². The number of fused-ring (bicyclic) bond motifs is 2. The molecule has 2 aromatic carbocycles. The van der Waals surface area contributed by atoms with Crippen molar-refractivity contribution in [1.29, 1.82) is 0 Å². The summed E-state index contributed by atoms with van der Waals surface area (Å²) in [6, 6.07) is 1.95. The molecule has 1 spiro atoms. The summed E-state index contributed by atoms with van der Waals surface area (Å²) in [7, 11) is -2.14. The average Bonchev–Trinajstić information content (AvgIpc) is 3.62. The van der Waals surface area contributed by atoms with Crippen LogP contribution in [0, 0.1) is 17.0 Å². The van der Waals surface area contributed by atoms with Gasteiger partial charge in [0.25, 0.3) is 0 Å². The van der Waals surface area contributed by atoms with E-state index in [0.29, 0.717) is 39.0 Å². The van der Waals surface area contributed by atoms with Crippen LogP contribution in [-0.4, -0.2) is 57.2 Å². The number of ether oxygens (including phenoxy) is 1. The number of hydrogen-bond acceptors (Lipinski definition) is 4. The first-order chi connectivity index (χ1) is 18.6. The summed E-state index contributed by atoms with van der Waals surface area (Å²) in [5.41, 5.74) is -5.78. The maximum atomic E-state index is 16.1. The maximum absolute atomic E-state index is 16.1. The van der Waals surface area contributed by atoms with Gasteiger partial charge >= 0.3 is 5.92 Å². The zero-order valence-corrected chi connectivity index (χ0v) is 23.8. The van der Waals surface area contributed by atoms with E-state index in [2.05, 4.69) is 6.58 Å². The topological polar surface area (TPSA) is 49.9 Å². The van der Waals surface area contributed by atoms with Gasteiger partial charge < -0.3 is 4.74 Å². The number of allylic oxidation sites excluding steroid dienone is 1. The lowest BCUT2D eigenvalue weighted by molar-refractivity contribution is -0.122. The summed E-state index contributed by atoms with van der Waals surface area (Å²) >= 11 is 6.55. The second-order valence-electron chi connectivity index (χ2n) is 11.8. The highest BCUT2D eigenvalue weighted by Gasteiger charge is 2.67. The number of nitrogens with zero attached hydrogens (tertiary/aromatic N) is 2. The average molecular weight is 603 g/mol. The lowest BCUT2D eigenvalue weighted by Gasteiger charge is -2.59. The zero-order valence-electron chi connectivity index (χ0n) is 22.2. The van der Waals surface area contributed by atoms with Crippen LogP contribution < -0.4 is 4.74 Å². The highest BCUT2D eigenvalue weighted by molar-refractivity contribution is 7.88. The molecule has 1 unspecified atom stereocenters. The molecule has 2 aromatic rings. The molecule has 3 fully saturated rings. The van der Waals surface area contributed by atoms with Gasteiger partial charge in [0.1, 0.15) is 17.4 Å². The third-order valence-corrected chi connectivity index (χ3v) is 10.3. The van der Waals surface area contributed by atoms with Crippen molar-refractivity contribution in [2.24, 2.45) is 5.41 Å². The summed E-state index contributed by atoms with van der Waals surface area (Å²) in [4.78, 5) is 1.92. The Labute approximate surface area is 234 Å². The molecule has 0 aromatic heterocycles. The van der Waals surface area contributed by atoms with Gasteiger partial charge in [-0.25, -0.2) is 25.9 Å². The summed E-state index contributed by atoms with van der Waals surface area (Å²) in [5.74, 6) is -6.33.